The first kappa shape index (κ1) is 25.0. The third kappa shape index (κ3) is 5.75. The summed E-state index contributed by atoms with van der Waals surface area (Å²) in [6.07, 6.45) is 0. The molecule has 0 aliphatic heterocycles. The number of sulfonamides is 1. The summed E-state index contributed by atoms with van der Waals surface area (Å²) in [5.41, 5.74) is 2.38. The summed E-state index contributed by atoms with van der Waals surface area (Å²) < 4.78 is 28.1. The highest BCUT2D eigenvalue weighted by molar-refractivity contribution is 7.94. The fourth-order valence-corrected chi connectivity index (χ4v) is 5.40. The van der Waals surface area contributed by atoms with Crippen LogP contribution in [0.5, 0.6) is 0 Å². The van der Waals surface area contributed by atoms with Crippen LogP contribution >= 0.6 is 11.3 Å². The van der Waals surface area contributed by atoms with E-state index in [4.69, 9.17) is 0 Å². The fraction of sp³-hybridized carbons (Fsp3) is 0.120. The zero-order valence-electron chi connectivity index (χ0n) is 19.4. The zero-order valence-corrected chi connectivity index (χ0v) is 21.1. The second kappa shape index (κ2) is 10.7. The Hall–Kier alpha value is -4.09. The number of rotatable bonds is 8. The Morgan fingerprint density at radius 3 is 2.19 bits per heavy atom. The molecule has 1 atom stereocenters. The van der Waals surface area contributed by atoms with Crippen LogP contribution in [0.25, 0.3) is 0 Å². The van der Waals surface area contributed by atoms with Gasteiger partial charge >= 0.3 is 0 Å². The van der Waals surface area contributed by atoms with Crippen molar-refractivity contribution in [3.8, 4) is 0 Å². The molecule has 3 N–H and O–H groups in total. The van der Waals surface area contributed by atoms with Gasteiger partial charge in [-0.2, -0.15) is 8.42 Å². The minimum atomic E-state index is -4.17. The number of aromatic nitrogens is 2. The predicted octanol–water partition coefficient (Wildman–Crippen LogP) is 4.39. The van der Waals surface area contributed by atoms with Crippen molar-refractivity contribution >= 4 is 44.0 Å². The van der Waals surface area contributed by atoms with E-state index in [1.54, 1.807) is 37.3 Å². The molecule has 184 valence electrons. The van der Waals surface area contributed by atoms with Crippen molar-refractivity contribution in [2.24, 2.45) is 0 Å². The second-order valence-electron chi connectivity index (χ2n) is 7.90. The number of hydrogen-bond donors (Lipinski definition) is 3. The molecule has 0 bridgehead atoms. The van der Waals surface area contributed by atoms with E-state index in [1.807, 2.05) is 43.3 Å². The van der Waals surface area contributed by atoms with E-state index in [9.17, 15) is 18.0 Å². The number of amides is 2. The van der Waals surface area contributed by atoms with Gasteiger partial charge in [0.25, 0.3) is 26.2 Å². The van der Waals surface area contributed by atoms with Gasteiger partial charge in [0.2, 0.25) is 5.13 Å². The first-order chi connectivity index (χ1) is 17.2. The van der Waals surface area contributed by atoms with Gasteiger partial charge in [0, 0.05) is 5.56 Å². The highest BCUT2D eigenvalue weighted by Gasteiger charge is 2.24. The Kier molecular flexibility index (Phi) is 7.41. The summed E-state index contributed by atoms with van der Waals surface area (Å²) >= 11 is 0.705. The van der Waals surface area contributed by atoms with Crippen LogP contribution in [-0.4, -0.2) is 30.4 Å². The lowest BCUT2D eigenvalue weighted by molar-refractivity contribution is 0.0940. The monoisotopic (exact) mass is 521 g/mol. The van der Waals surface area contributed by atoms with Crippen LogP contribution in [0.15, 0.2) is 83.2 Å². The molecule has 2 amide bonds. The third-order valence-corrected chi connectivity index (χ3v) is 7.88. The van der Waals surface area contributed by atoms with Gasteiger partial charge in [0.05, 0.1) is 17.3 Å². The summed E-state index contributed by atoms with van der Waals surface area (Å²) in [5.74, 6) is -0.858. The van der Waals surface area contributed by atoms with Crippen LogP contribution in [0.4, 0.5) is 10.8 Å². The van der Waals surface area contributed by atoms with Gasteiger partial charge in [-0.15, -0.1) is 10.2 Å². The molecule has 0 spiro atoms. The first-order valence-electron chi connectivity index (χ1n) is 10.9. The Balaban J connectivity index is 1.49. The first-order valence-corrected chi connectivity index (χ1v) is 13.2. The lowest BCUT2D eigenvalue weighted by atomic mass is 10.1. The fourth-order valence-electron chi connectivity index (χ4n) is 3.42. The molecule has 1 heterocycles. The maximum absolute atomic E-state index is 13.0. The van der Waals surface area contributed by atoms with Crippen molar-refractivity contribution in [1.82, 2.24) is 15.5 Å². The molecule has 11 heteroatoms. The molecule has 4 rings (SSSR count). The van der Waals surface area contributed by atoms with E-state index in [0.29, 0.717) is 16.9 Å². The standard InChI is InChI=1S/C25H23N5O4S2/c1-16-10-6-7-13-19(16)22(31)27-24-28-29-25(35-24)36(33,34)30-21-15-9-8-14-20(21)23(32)26-17(2)18-11-4-3-5-12-18/h3-15,17,30H,1-2H3,(H,26,32)(H,27,28,31). The summed E-state index contributed by atoms with van der Waals surface area (Å²) in [4.78, 5) is 25.5. The number of aryl methyl sites for hydroxylation is 1. The maximum atomic E-state index is 13.0. The number of anilines is 2. The Bertz CT molecular complexity index is 1500. The largest absolute Gasteiger partial charge is 0.345 e. The SMILES string of the molecule is Cc1ccccc1C(=O)Nc1nnc(S(=O)(=O)Nc2ccccc2C(=O)NC(C)c2ccccc2)s1. The molecule has 0 saturated heterocycles. The van der Waals surface area contributed by atoms with E-state index in [1.165, 1.54) is 12.1 Å². The Labute approximate surface area is 212 Å². The second-order valence-corrected chi connectivity index (χ2v) is 10.7. The smallest absolute Gasteiger partial charge is 0.291 e. The predicted molar refractivity (Wildman–Crippen MR) is 139 cm³/mol. The summed E-state index contributed by atoms with van der Waals surface area (Å²) in [5, 5.41) is 13.0. The maximum Gasteiger partial charge on any atom is 0.291 e. The molecule has 1 unspecified atom stereocenters. The average Bonchev–Trinajstić information content (AvgIpc) is 3.34. The van der Waals surface area contributed by atoms with Crippen LogP contribution in [0, 0.1) is 6.92 Å². The highest BCUT2D eigenvalue weighted by atomic mass is 32.2. The minimum Gasteiger partial charge on any atom is -0.345 e. The van der Waals surface area contributed by atoms with Crippen LogP contribution in [-0.2, 0) is 10.0 Å². The van der Waals surface area contributed by atoms with E-state index < -0.39 is 21.8 Å². The van der Waals surface area contributed by atoms with Crippen LogP contribution in [0.1, 0.15) is 44.8 Å². The third-order valence-electron chi connectivity index (χ3n) is 5.31. The number of carbonyl (C=O) groups excluding carboxylic acids is 2. The van der Waals surface area contributed by atoms with Crippen molar-refractivity contribution in [2.75, 3.05) is 10.0 Å². The number of nitrogens with one attached hydrogen (secondary N) is 3. The van der Waals surface area contributed by atoms with E-state index >= 15 is 0 Å². The molecule has 9 nitrogen and oxygen atoms in total. The van der Waals surface area contributed by atoms with Gasteiger partial charge in [-0.05, 0) is 43.2 Å². The number of nitrogens with zero attached hydrogens (tertiary/aromatic N) is 2. The molecule has 0 radical (unpaired) electrons. The topological polar surface area (TPSA) is 130 Å². The van der Waals surface area contributed by atoms with Crippen LogP contribution in [0.2, 0.25) is 0 Å². The van der Waals surface area contributed by atoms with E-state index in [-0.39, 0.29) is 26.8 Å². The Morgan fingerprint density at radius 1 is 0.833 bits per heavy atom. The molecule has 0 aliphatic rings. The van der Waals surface area contributed by atoms with Crippen molar-refractivity contribution in [3.63, 3.8) is 0 Å². The normalized spacial score (nSPS) is 11.9. The van der Waals surface area contributed by atoms with E-state index in [2.05, 4.69) is 25.6 Å². The van der Waals surface area contributed by atoms with Gasteiger partial charge < -0.3 is 5.32 Å². The number of hydrogen-bond acceptors (Lipinski definition) is 7. The number of carbonyl (C=O) groups is 2. The van der Waals surface area contributed by atoms with Crippen LogP contribution in [0.3, 0.4) is 0 Å². The quantitative estimate of drug-likeness (QED) is 0.295. The highest BCUT2D eigenvalue weighted by Crippen LogP contribution is 2.25. The molecular formula is C25H23N5O4S2. The van der Waals surface area contributed by atoms with Crippen LogP contribution < -0.4 is 15.4 Å². The molecule has 3 aromatic carbocycles. The molecule has 0 fully saturated rings. The molecule has 4 aromatic rings. The summed E-state index contributed by atoms with van der Waals surface area (Å²) in [7, 11) is -4.17. The van der Waals surface area contributed by atoms with Gasteiger partial charge in [0.1, 0.15) is 0 Å². The minimum absolute atomic E-state index is 0.0337. The molecular weight excluding hydrogens is 498 g/mol. The summed E-state index contributed by atoms with van der Waals surface area (Å²) in [6.45, 7) is 3.64. The average molecular weight is 522 g/mol. The lowest BCUT2D eigenvalue weighted by Gasteiger charge is -2.16. The molecule has 36 heavy (non-hydrogen) atoms. The van der Waals surface area contributed by atoms with Crippen molar-refractivity contribution in [2.45, 2.75) is 24.2 Å². The zero-order chi connectivity index (χ0) is 25.7. The number of benzene rings is 3. The van der Waals surface area contributed by atoms with Gasteiger partial charge in [0.15, 0.2) is 0 Å². The van der Waals surface area contributed by atoms with Crippen molar-refractivity contribution < 1.29 is 18.0 Å². The molecule has 0 saturated carbocycles. The van der Waals surface area contributed by atoms with Gasteiger partial charge in [-0.3, -0.25) is 19.6 Å². The van der Waals surface area contributed by atoms with E-state index in [0.717, 1.165) is 11.1 Å². The summed E-state index contributed by atoms with van der Waals surface area (Å²) in [6, 6.07) is 22.4. The molecule has 0 aliphatic carbocycles. The molecule has 1 aromatic heterocycles. The Morgan fingerprint density at radius 2 is 1.47 bits per heavy atom. The van der Waals surface area contributed by atoms with Crippen molar-refractivity contribution in [1.29, 1.82) is 0 Å². The van der Waals surface area contributed by atoms with Crippen molar-refractivity contribution in [3.05, 3.63) is 101 Å². The van der Waals surface area contributed by atoms with Gasteiger partial charge in [-0.1, -0.05) is 72.0 Å². The lowest BCUT2D eigenvalue weighted by Crippen LogP contribution is -2.28. The number of para-hydroxylation sites is 1. The van der Waals surface area contributed by atoms with Gasteiger partial charge in [-0.25, -0.2) is 0 Å².